The number of hydrogen-bond donors (Lipinski definition) is 3. The molecule has 0 radical (unpaired) electrons. The first-order valence-electron chi connectivity index (χ1n) is 9.40. The maximum atomic E-state index is 12.7. The second-order valence-corrected chi connectivity index (χ2v) is 6.83. The number of methoxy groups -OCH3 is 1. The van der Waals surface area contributed by atoms with Gasteiger partial charge in [-0.15, -0.1) is 0 Å². The first-order chi connectivity index (χ1) is 14.5. The molecule has 8 heteroatoms. The van der Waals surface area contributed by atoms with E-state index in [0.717, 1.165) is 11.1 Å². The molecule has 2 atom stereocenters. The van der Waals surface area contributed by atoms with Crippen molar-refractivity contribution in [2.45, 2.75) is 19.4 Å². The highest BCUT2D eigenvalue weighted by Gasteiger charge is 2.21. The van der Waals surface area contributed by atoms with Crippen LogP contribution in [0.25, 0.3) is 11.1 Å². The van der Waals surface area contributed by atoms with Crippen molar-refractivity contribution in [2.75, 3.05) is 20.5 Å². The number of hydroxylamine groups is 1. The smallest absolute Gasteiger partial charge is 0.251 e. The van der Waals surface area contributed by atoms with E-state index < -0.39 is 17.9 Å². The van der Waals surface area contributed by atoms with Crippen LogP contribution in [-0.2, 0) is 14.3 Å². The molecule has 3 N–H and O–H groups in total. The third kappa shape index (κ3) is 6.67. The molecule has 2 aromatic carbocycles. The van der Waals surface area contributed by atoms with Gasteiger partial charge in [-0.3, -0.25) is 14.8 Å². The second-order valence-electron chi connectivity index (χ2n) is 6.83. The molecule has 8 nitrogen and oxygen atoms in total. The Morgan fingerprint density at radius 1 is 1.10 bits per heavy atom. The molecular weight excluding hydrogens is 386 g/mol. The topological polar surface area (TPSA) is 121 Å². The number of carbonyl (C=O) groups excluding carboxylic acids is 2. The predicted molar refractivity (Wildman–Crippen MR) is 109 cm³/mol. The van der Waals surface area contributed by atoms with E-state index in [1.807, 2.05) is 24.3 Å². The van der Waals surface area contributed by atoms with Crippen LogP contribution in [0.1, 0.15) is 29.3 Å². The SMILES string of the molecule is COCOCC(CC(C)C(=O)NO)NC(=O)c1ccc(-c2ccc(C#N)cc2)cc1. The van der Waals surface area contributed by atoms with Gasteiger partial charge in [0.25, 0.3) is 5.91 Å². The number of hydrogen-bond acceptors (Lipinski definition) is 6. The van der Waals surface area contributed by atoms with E-state index in [0.29, 0.717) is 11.1 Å². The van der Waals surface area contributed by atoms with Crippen molar-refractivity contribution in [3.05, 3.63) is 59.7 Å². The van der Waals surface area contributed by atoms with Gasteiger partial charge in [0.15, 0.2) is 0 Å². The number of rotatable bonds is 10. The molecule has 2 aromatic rings. The molecular formula is C22H25N3O5. The molecule has 0 aliphatic carbocycles. The summed E-state index contributed by atoms with van der Waals surface area (Å²) in [6.45, 7) is 1.87. The van der Waals surface area contributed by atoms with Gasteiger partial charge >= 0.3 is 0 Å². The van der Waals surface area contributed by atoms with Crippen molar-refractivity contribution in [1.82, 2.24) is 10.8 Å². The van der Waals surface area contributed by atoms with Crippen molar-refractivity contribution in [1.29, 1.82) is 5.26 Å². The number of carbonyl (C=O) groups is 2. The largest absolute Gasteiger partial charge is 0.359 e. The number of nitrogens with zero attached hydrogens (tertiary/aromatic N) is 1. The Bertz CT molecular complexity index is 875. The number of nitrogens with one attached hydrogen (secondary N) is 2. The number of amides is 2. The van der Waals surface area contributed by atoms with Crippen LogP contribution in [-0.4, -0.2) is 43.6 Å². The zero-order chi connectivity index (χ0) is 21.9. The van der Waals surface area contributed by atoms with Crippen LogP contribution in [0.5, 0.6) is 0 Å². The van der Waals surface area contributed by atoms with Crippen molar-refractivity contribution in [2.24, 2.45) is 5.92 Å². The molecule has 2 amide bonds. The van der Waals surface area contributed by atoms with Gasteiger partial charge in [-0.05, 0) is 41.8 Å². The zero-order valence-corrected chi connectivity index (χ0v) is 16.9. The minimum absolute atomic E-state index is 0.0617. The van der Waals surface area contributed by atoms with Gasteiger partial charge in [-0.1, -0.05) is 31.2 Å². The molecule has 0 spiro atoms. The lowest BCUT2D eigenvalue weighted by Crippen LogP contribution is -2.41. The molecule has 2 rings (SSSR count). The van der Waals surface area contributed by atoms with Gasteiger partial charge in [0.1, 0.15) is 6.79 Å². The van der Waals surface area contributed by atoms with Crippen molar-refractivity contribution < 1.29 is 24.3 Å². The Labute approximate surface area is 175 Å². The van der Waals surface area contributed by atoms with Crippen molar-refractivity contribution in [3.63, 3.8) is 0 Å². The van der Waals surface area contributed by atoms with Crippen LogP contribution in [0.2, 0.25) is 0 Å². The Morgan fingerprint density at radius 2 is 1.70 bits per heavy atom. The molecule has 0 saturated heterocycles. The highest BCUT2D eigenvalue weighted by Crippen LogP contribution is 2.20. The monoisotopic (exact) mass is 411 g/mol. The molecule has 0 aromatic heterocycles. The van der Waals surface area contributed by atoms with E-state index in [-0.39, 0.29) is 25.7 Å². The van der Waals surface area contributed by atoms with Gasteiger partial charge in [0.05, 0.1) is 24.3 Å². The first-order valence-corrected chi connectivity index (χ1v) is 9.40. The second kappa shape index (κ2) is 11.7. The molecule has 0 fully saturated rings. The van der Waals surface area contributed by atoms with Gasteiger partial charge in [0, 0.05) is 18.6 Å². The maximum absolute atomic E-state index is 12.7. The summed E-state index contributed by atoms with van der Waals surface area (Å²) < 4.78 is 10.2. The van der Waals surface area contributed by atoms with Crippen LogP contribution >= 0.6 is 0 Å². The highest BCUT2D eigenvalue weighted by molar-refractivity contribution is 5.95. The minimum Gasteiger partial charge on any atom is -0.359 e. The fourth-order valence-corrected chi connectivity index (χ4v) is 2.91. The molecule has 0 heterocycles. The lowest BCUT2D eigenvalue weighted by Gasteiger charge is -2.21. The summed E-state index contributed by atoms with van der Waals surface area (Å²) >= 11 is 0. The number of nitriles is 1. The lowest BCUT2D eigenvalue weighted by atomic mass is 10.0. The Kier molecular flexibility index (Phi) is 8.97. The third-order valence-electron chi connectivity index (χ3n) is 4.55. The van der Waals surface area contributed by atoms with Crippen LogP contribution in [0.3, 0.4) is 0 Å². The van der Waals surface area contributed by atoms with Crippen molar-refractivity contribution in [3.8, 4) is 17.2 Å². The molecule has 30 heavy (non-hydrogen) atoms. The maximum Gasteiger partial charge on any atom is 0.251 e. The van der Waals surface area contributed by atoms with Gasteiger partial charge in [0.2, 0.25) is 5.91 Å². The molecule has 158 valence electrons. The van der Waals surface area contributed by atoms with Crippen LogP contribution in [0.15, 0.2) is 48.5 Å². The number of benzene rings is 2. The highest BCUT2D eigenvalue weighted by atomic mass is 16.7. The van der Waals surface area contributed by atoms with E-state index in [1.54, 1.807) is 36.7 Å². The summed E-state index contributed by atoms with van der Waals surface area (Å²) in [5, 5.41) is 20.5. The van der Waals surface area contributed by atoms with E-state index in [4.69, 9.17) is 19.9 Å². The van der Waals surface area contributed by atoms with Gasteiger partial charge in [-0.2, -0.15) is 5.26 Å². The fourth-order valence-electron chi connectivity index (χ4n) is 2.91. The first kappa shape index (κ1) is 23.0. The summed E-state index contributed by atoms with van der Waals surface area (Å²) in [7, 11) is 1.49. The molecule has 0 bridgehead atoms. The number of ether oxygens (including phenoxy) is 2. The van der Waals surface area contributed by atoms with Crippen LogP contribution < -0.4 is 10.8 Å². The summed E-state index contributed by atoms with van der Waals surface area (Å²) in [5.41, 5.74) is 4.52. The summed E-state index contributed by atoms with van der Waals surface area (Å²) in [6, 6.07) is 15.9. The lowest BCUT2D eigenvalue weighted by molar-refractivity contribution is -0.133. The van der Waals surface area contributed by atoms with Crippen molar-refractivity contribution >= 4 is 11.8 Å². The molecule has 2 unspecified atom stereocenters. The normalized spacial score (nSPS) is 12.5. The van der Waals surface area contributed by atoms with Gasteiger partial charge < -0.3 is 14.8 Å². The average molecular weight is 411 g/mol. The Balaban J connectivity index is 2.05. The van der Waals surface area contributed by atoms with E-state index in [1.165, 1.54) is 7.11 Å². The van der Waals surface area contributed by atoms with E-state index in [2.05, 4.69) is 11.4 Å². The predicted octanol–water partition coefficient (Wildman–Crippen LogP) is 2.48. The molecule has 0 aliphatic heterocycles. The zero-order valence-electron chi connectivity index (χ0n) is 16.9. The third-order valence-corrected chi connectivity index (χ3v) is 4.55. The minimum atomic E-state index is -0.534. The summed E-state index contributed by atoms with van der Waals surface area (Å²) in [4.78, 5) is 24.2. The van der Waals surface area contributed by atoms with Gasteiger partial charge in [-0.25, -0.2) is 5.48 Å². The standard InChI is InChI=1S/C22H25N3O5/c1-15(21(26)25-28)11-20(13-30-14-29-2)24-22(27)19-9-7-18(8-10-19)17-5-3-16(12-23)4-6-17/h3-10,15,20,28H,11,13-14H2,1-2H3,(H,24,27)(H,25,26). The summed E-state index contributed by atoms with van der Waals surface area (Å²) in [5.74, 6) is -1.36. The Hall–Kier alpha value is -3.25. The Morgan fingerprint density at radius 3 is 2.23 bits per heavy atom. The fraction of sp³-hybridized carbons (Fsp3) is 0.318. The summed E-state index contributed by atoms with van der Waals surface area (Å²) in [6.07, 6.45) is 0.283. The quantitative estimate of drug-likeness (QED) is 0.239. The van der Waals surface area contributed by atoms with E-state index in [9.17, 15) is 9.59 Å². The van der Waals surface area contributed by atoms with E-state index >= 15 is 0 Å². The molecule has 0 saturated carbocycles. The molecule has 0 aliphatic rings. The van der Waals surface area contributed by atoms with Crippen LogP contribution in [0, 0.1) is 17.2 Å². The average Bonchev–Trinajstić information content (AvgIpc) is 2.78. The van der Waals surface area contributed by atoms with Crippen LogP contribution in [0.4, 0.5) is 0 Å².